The fourth-order valence-corrected chi connectivity index (χ4v) is 1.46. The van der Waals surface area contributed by atoms with Crippen molar-refractivity contribution in [1.29, 1.82) is 0 Å². The predicted molar refractivity (Wildman–Crippen MR) is 50.9 cm³/mol. The maximum absolute atomic E-state index is 13.0. The van der Waals surface area contributed by atoms with Crippen LogP contribution in [0.5, 0.6) is 0 Å². The second-order valence-corrected chi connectivity index (χ2v) is 3.31. The number of benzene rings is 1. The van der Waals surface area contributed by atoms with Crippen molar-refractivity contribution in [2.45, 2.75) is 13.8 Å². The Kier molecular flexibility index (Phi) is 1.88. The summed E-state index contributed by atoms with van der Waals surface area (Å²) >= 11 is 0. The molecule has 0 aliphatic carbocycles. The van der Waals surface area contributed by atoms with Crippen LogP contribution in [-0.4, -0.2) is 5.78 Å². The zero-order chi connectivity index (χ0) is 10.3. The minimum atomic E-state index is -0.314. The van der Waals surface area contributed by atoms with E-state index in [1.807, 2.05) is 0 Å². The van der Waals surface area contributed by atoms with Gasteiger partial charge >= 0.3 is 0 Å². The van der Waals surface area contributed by atoms with Gasteiger partial charge in [0.25, 0.3) is 0 Å². The second kappa shape index (κ2) is 2.94. The molecule has 0 bridgehead atoms. The number of ketones is 1. The summed E-state index contributed by atoms with van der Waals surface area (Å²) in [6, 6.07) is 4.31. The summed E-state index contributed by atoms with van der Waals surface area (Å²) in [6.45, 7) is 3.17. The molecular formula is C11H9FO2. The molecule has 0 radical (unpaired) electrons. The van der Waals surface area contributed by atoms with E-state index in [1.165, 1.54) is 19.1 Å². The number of halogens is 1. The van der Waals surface area contributed by atoms with Gasteiger partial charge in [0.05, 0.1) is 0 Å². The molecule has 72 valence electrons. The third kappa shape index (κ3) is 1.31. The maximum atomic E-state index is 13.0. The van der Waals surface area contributed by atoms with E-state index >= 15 is 0 Å². The molecule has 0 spiro atoms. The Morgan fingerprint density at radius 1 is 1.36 bits per heavy atom. The highest BCUT2D eigenvalue weighted by molar-refractivity contribution is 5.96. The van der Waals surface area contributed by atoms with E-state index in [0.29, 0.717) is 16.5 Å². The Bertz CT molecular complexity index is 511. The predicted octanol–water partition coefficient (Wildman–Crippen LogP) is 3.08. The first kappa shape index (κ1) is 8.94. The Balaban J connectivity index is 2.76. The third-order valence-electron chi connectivity index (χ3n) is 2.11. The van der Waals surface area contributed by atoms with E-state index in [1.54, 1.807) is 13.0 Å². The van der Waals surface area contributed by atoms with Crippen molar-refractivity contribution in [3.05, 3.63) is 35.3 Å². The van der Waals surface area contributed by atoms with E-state index < -0.39 is 0 Å². The molecule has 0 amide bonds. The number of hydrogen-bond acceptors (Lipinski definition) is 2. The molecule has 2 rings (SSSR count). The minimum Gasteiger partial charge on any atom is -0.453 e. The molecule has 0 aliphatic heterocycles. The lowest BCUT2D eigenvalue weighted by atomic mass is 10.1. The number of fused-ring (bicyclic) bond motifs is 1. The summed E-state index contributed by atoms with van der Waals surface area (Å²) in [5.41, 5.74) is 1.28. The SMILES string of the molecule is CC(=O)c1cc2cc(F)cc(C)c2o1. The lowest BCUT2D eigenvalue weighted by Crippen LogP contribution is -1.85. The normalized spacial score (nSPS) is 10.8. The van der Waals surface area contributed by atoms with E-state index in [2.05, 4.69) is 0 Å². The smallest absolute Gasteiger partial charge is 0.194 e. The maximum Gasteiger partial charge on any atom is 0.194 e. The number of carbonyl (C=O) groups excluding carboxylic acids is 1. The molecule has 1 aromatic heterocycles. The average molecular weight is 192 g/mol. The van der Waals surface area contributed by atoms with E-state index in [-0.39, 0.29) is 17.4 Å². The largest absolute Gasteiger partial charge is 0.453 e. The van der Waals surface area contributed by atoms with Crippen LogP contribution in [0.2, 0.25) is 0 Å². The highest BCUT2D eigenvalue weighted by atomic mass is 19.1. The Morgan fingerprint density at radius 3 is 2.71 bits per heavy atom. The molecule has 3 heteroatoms. The van der Waals surface area contributed by atoms with E-state index in [0.717, 1.165) is 0 Å². The number of carbonyl (C=O) groups is 1. The van der Waals surface area contributed by atoms with E-state index in [4.69, 9.17) is 4.42 Å². The van der Waals surface area contributed by atoms with Crippen LogP contribution < -0.4 is 0 Å². The van der Waals surface area contributed by atoms with Gasteiger partial charge < -0.3 is 4.42 Å². The Labute approximate surface area is 80.3 Å². The van der Waals surface area contributed by atoms with Gasteiger partial charge in [0, 0.05) is 12.3 Å². The molecule has 2 nitrogen and oxygen atoms in total. The summed E-state index contributed by atoms with van der Waals surface area (Å²) in [5, 5.41) is 0.632. The highest BCUT2D eigenvalue weighted by Crippen LogP contribution is 2.24. The van der Waals surface area contributed by atoms with Gasteiger partial charge in [-0.05, 0) is 30.7 Å². The molecule has 0 fully saturated rings. The average Bonchev–Trinajstić information content (AvgIpc) is 2.47. The number of Topliss-reactive ketones (excluding diaryl/α,β-unsaturated/α-hetero) is 1. The first-order valence-corrected chi connectivity index (χ1v) is 4.28. The Morgan fingerprint density at radius 2 is 2.07 bits per heavy atom. The van der Waals surface area contributed by atoms with Gasteiger partial charge in [-0.15, -0.1) is 0 Å². The van der Waals surface area contributed by atoms with Gasteiger partial charge in [-0.3, -0.25) is 4.79 Å². The highest BCUT2D eigenvalue weighted by Gasteiger charge is 2.10. The lowest BCUT2D eigenvalue weighted by Gasteiger charge is -1.93. The van der Waals surface area contributed by atoms with Crippen LogP contribution in [0.4, 0.5) is 4.39 Å². The fourth-order valence-electron chi connectivity index (χ4n) is 1.46. The van der Waals surface area contributed by atoms with Crippen molar-refractivity contribution >= 4 is 16.8 Å². The van der Waals surface area contributed by atoms with Gasteiger partial charge in [-0.1, -0.05) is 0 Å². The third-order valence-corrected chi connectivity index (χ3v) is 2.11. The molecule has 2 aromatic rings. The Hall–Kier alpha value is -1.64. The lowest BCUT2D eigenvalue weighted by molar-refractivity contribution is 0.0989. The molecule has 0 N–H and O–H groups in total. The summed E-state index contributed by atoms with van der Waals surface area (Å²) in [4.78, 5) is 11.0. The molecule has 0 aliphatic rings. The molecule has 0 unspecified atom stereocenters. The second-order valence-electron chi connectivity index (χ2n) is 3.31. The topological polar surface area (TPSA) is 30.2 Å². The molecule has 0 atom stereocenters. The van der Waals surface area contributed by atoms with Gasteiger partial charge in [0.2, 0.25) is 0 Å². The van der Waals surface area contributed by atoms with Crippen LogP contribution in [-0.2, 0) is 0 Å². The van der Waals surface area contributed by atoms with Crippen LogP contribution in [0.3, 0.4) is 0 Å². The first-order chi connectivity index (χ1) is 6.58. The molecule has 14 heavy (non-hydrogen) atoms. The number of hydrogen-bond donors (Lipinski definition) is 0. The standard InChI is InChI=1S/C11H9FO2/c1-6-3-9(12)4-8-5-10(7(2)13)14-11(6)8/h3-5H,1-2H3. The van der Waals surface area contributed by atoms with Gasteiger partial charge in [-0.2, -0.15) is 0 Å². The molecule has 1 aromatic carbocycles. The fraction of sp³-hybridized carbons (Fsp3) is 0.182. The van der Waals surface area contributed by atoms with Crippen molar-refractivity contribution in [3.8, 4) is 0 Å². The van der Waals surface area contributed by atoms with Crippen molar-refractivity contribution in [2.75, 3.05) is 0 Å². The number of furan rings is 1. The monoisotopic (exact) mass is 192 g/mol. The van der Waals surface area contributed by atoms with Crippen LogP contribution >= 0.6 is 0 Å². The number of rotatable bonds is 1. The molecule has 0 saturated carbocycles. The van der Waals surface area contributed by atoms with Gasteiger partial charge in [0.1, 0.15) is 11.4 Å². The first-order valence-electron chi connectivity index (χ1n) is 4.28. The summed E-state index contributed by atoms with van der Waals surface area (Å²) in [7, 11) is 0. The van der Waals surface area contributed by atoms with Crippen LogP contribution in [0.25, 0.3) is 11.0 Å². The quantitative estimate of drug-likeness (QED) is 0.650. The zero-order valence-corrected chi connectivity index (χ0v) is 7.93. The van der Waals surface area contributed by atoms with Crippen molar-refractivity contribution in [3.63, 3.8) is 0 Å². The van der Waals surface area contributed by atoms with Gasteiger partial charge in [0.15, 0.2) is 11.5 Å². The van der Waals surface area contributed by atoms with Crippen molar-refractivity contribution in [2.24, 2.45) is 0 Å². The number of aryl methyl sites for hydroxylation is 1. The summed E-state index contributed by atoms with van der Waals surface area (Å²) in [5.74, 6) is -0.194. The molecule has 1 heterocycles. The minimum absolute atomic E-state index is 0.152. The summed E-state index contributed by atoms with van der Waals surface area (Å²) < 4.78 is 18.3. The van der Waals surface area contributed by atoms with Crippen molar-refractivity contribution in [1.82, 2.24) is 0 Å². The molecular weight excluding hydrogens is 183 g/mol. The van der Waals surface area contributed by atoms with Crippen molar-refractivity contribution < 1.29 is 13.6 Å². The van der Waals surface area contributed by atoms with Crippen LogP contribution in [0.1, 0.15) is 23.0 Å². The summed E-state index contributed by atoms with van der Waals surface area (Å²) in [6.07, 6.45) is 0. The van der Waals surface area contributed by atoms with Crippen LogP contribution in [0, 0.1) is 12.7 Å². The van der Waals surface area contributed by atoms with E-state index in [9.17, 15) is 9.18 Å². The van der Waals surface area contributed by atoms with Crippen LogP contribution in [0.15, 0.2) is 22.6 Å². The van der Waals surface area contributed by atoms with Gasteiger partial charge in [-0.25, -0.2) is 4.39 Å². The molecule has 0 saturated heterocycles. The zero-order valence-electron chi connectivity index (χ0n) is 7.93.